The van der Waals surface area contributed by atoms with Crippen LogP contribution in [0.1, 0.15) is 5.56 Å². The molecule has 0 fully saturated rings. The SMILES string of the molecule is COc1ccc(Nc2nc(N/N=C/c3cccc(O)c3)nc(Nc3ccc([N+](=O)[O-])cc3)n2)cc1. The normalized spacial score (nSPS) is 10.7. The third-order valence-corrected chi connectivity index (χ3v) is 4.56. The van der Waals surface area contributed by atoms with Crippen LogP contribution in [0.4, 0.5) is 34.9 Å². The predicted octanol–water partition coefficient (Wildman–Crippen LogP) is 4.43. The van der Waals surface area contributed by atoms with Gasteiger partial charge in [-0.2, -0.15) is 20.1 Å². The van der Waals surface area contributed by atoms with E-state index in [1.807, 2.05) is 0 Å². The van der Waals surface area contributed by atoms with Crippen LogP contribution in [-0.2, 0) is 0 Å². The van der Waals surface area contributed by atoms with Gasteiger partial charge in [-0.1, -0.05) is 12.1 Å². The summed E-state index contributed by atoms with van der Waals surface area (Å²) in [5, 5.41) is 30.7. The summed E-state index contributed by atoms with van der Waals surface area (Å²) in [6.07, 6.45) is 1.50. The number of anilines is 5. The van der Waals surface area contributed by atoms with Crippen molar-refractivity contribution >= 4 is 41.1 Å². The first-order valence-electron chi connectivity index (χ1n) is 10.3. The summed E-state index contributed by atoms with van der Waals surface area (Å²) in [4.78, 5) is 23.4. The fourth-order valence-electron chi connectivity index (χ4n) is 2.91. The lowest BCUT2D eigenvalue weighted by Crippen LogP contribution is -2.07. The number of aromatic hydroxyl groups is 1. The Morgan fingerprint density at radius 2 is 1.51 bits per heavy atom. The number of phenols is 1. The van der Waals surface area contributed by atoms with Crippen molar-refractivity contribution in [3.05, 3.63) is 88.5 Å². The van der Waals surface area contributed by atoms with Gasteiger partial charge < -0.3 is 20.5 Å². The Bertz CT molecular complexity index is 1340. The number of ether oxygens (including phenoxy) is 1. The Morgan fingerprint density at radius 3 is 2.09 bits per heavy atom. The maximum Gasteiger partial charge on any atom is 0.269 e. The first-order valence-corrected chi connectivity index (χ1v) is 10.3. The van der Waals surface area contributed by atoms with Gasteiger partial charge in [-0.3, -0.25) is 10.1 Å². The maximum atomic E-state index is 10.9. The number of methoxy groups -OCH3 is 1. The molecule has 0 bridgehead atoms. The van der Waals surface area contributed by atoms with Gasteiger partial charge in [-0.25, -0.2) is 5.43 Å². The molecule has 12 nitrogen and oxygen atoms in total. The highest BCUT2D eigenvalue weighted by Crippen LogP contribution is 2.22. The van der Waals surface area contributed by atoms with E-state index in [9.17, 15) is 15.2 Å². The highest BCUT2D eigenvalue weighted by atomic mass is 16.6. The molecule has 1 aromatic heterocycles. The van der Waals surface area contributed by atoms with E-state index in [-0.39, 0.29) is 29.3 Å². The zero-order chi connectivity index (χ0) is 24.6. The van der Waals surface area contributed by atoms with Crippen molar-refractivity contribution in [1.82, 2.24) is 15.0 Å². The number of hydrogen-bond donors (Lipinski definition) is 4. The zero-order valence-corrected chi connectivity index (χ0v) is 18.4. The number of hydrazone groups is 1. The molecule has 0 aliphatic heterocycles. The summed E-state index contributed by atoms with van der Waals surface area (Å²) < 4.78 is 5.17. The molecule has 0 unspecified atom stereocenters. The quantitative estimate of drug-likeness (QED) is 0.156. The van der Waals surface area contributed by atoms with Crippen molar-refractivity contribution in [2.75, 3.05) is 23.2 Å². The number of nitrogens with zero attached hydrogens (tertiary/aromatic N) is 5. The molecule has 35 heavy (non-hydrogen) atoms. The largest absolute Gasteiger partial charge is 0.508 e. The summed E-state index contributed by atoms with van der Waals surface area (Å²) in [6, 6.07) is 19.6. The van der Waals surface area contributed by atoms with Crippen molar-refractivity contribution < 1.29 is 14.8 Å². The van der Waals surface area contributed by atoms with Crippen LogP contribution in [0.3, 0.4) is 0 Å². The molecule has 0 aliphatic rings. The minimum absolute atomic E-state index is 0.0308. The van der Waals surface area contributed by atoms with Gasteiger partial charge in [0.05, 0.1) is 18.2 Å². The van der Waals surface area contributed by atoms with Gasteiger partial charge in [-0.05, 0) is 54.1 Å². The second kappa shape index (κ2) is 10.6. The molecule has 4 N–H and O–H groups in total. The van der Waals surface area contributed by atoms with Crippen LogP contribution in [0.15, 0.2) is 77.9 Å². The highest BCUT2D eigenvalue weighted by Gasteiger charge is 2.09. The number of aromatic nitrogens is 3. The van der Waals surface area contributed by atoms with Crippen molar-refractivity contribution in [2.24, 2.45) is 5.10 Å². The van der Waals surface area contributed by atoms with Crippen molar-refractivity contribution in [2.45, 2.75) is 0 Å². The van der Waals surface area contributed by atoms with Crippen LogP contribution in [0.5, 0.6) is 11.5 Å². The third-order valence-electron chi connectivity index (χ3n) is 4.56. The van der Waals surface area contributed by atoms with Gasteiger partial charge in [0.2, 0.25) is 17.8 Å². The molecule has 3 aromatic carbocycles. The Morgan fingerprint density at radius 1 is 0.914 bits per heavy atom. The smallest absolute Gasteiger partial charge is 0.269 e. The molecular weight excluding hydrogens is 452 g/mol. The van der Waals surface area contributed by atoms with Gasteiger partial charge in [0.25, 0.3) is 5.69 Å². The molecule has 0 radical (unpaired) electrons. The summed E-state index contributed by atoms with van der Waals surface area (Å²) in [5.41, 5.74) is 4.65. The molecule has 176 valence electrons. The Balaban J connectivity index is 1.58. The number of benzene rings is 3. The number of nitro groups is 1. The monoisotopic (exact) mass is 472 g/mol. The number of nitrogens with one attached hydrogen (secondary N) is 3. The molecule has 0 amide bonds. The number of non-ortho nitro benzene ring substituents is 1. The number of hydrogen-bond acceptors (Lipinski definition) is 11. The van der Waals surface area contributed by atoms with Crippen LogP contribution in [0.2, 0.25) is 0 Å². The van der Waals surface area contributed by atoms with Gasteiger partial charge in [0.15, 0.2) is 0 Å². The minimum atomic E-state index is -0.476. The van der Waals surface area contributed by atoms with Gasteiger partial charge >= 0.3 is 0 Å². The lowest BCUT2D eigenvalue weighted by atomic mass is 10.2. The van der Waals surface area contributed by atoms with Crippen molar-refractivity contribution in [1.29, 1.82) is 0 Å². The van der Waals surface area contributed by atoms with E-state index in [0.717, 1.165) is 0 Å². The molecule has 4 rings (SSSR count). The topological polar surface area (TPSA) is 160 Å². The fraction of sp³-hybridized carbons (Fsp3) is 0.0435. The minimum Gasteiger partial charge on any atom is -0.508 e. The molecule has 0 saturated carbocycles. The Kier molecular flexibility index (Phi) is 6.92. The zero-order valence-electron chi connectivity index (χ0n) is 18.4. The molecule has 1 heterocycles. The molecule has 4 aromatic rings. The highest BCUT2D eigenvalue weighted by molar-refractivity contribution is 5.80. The lowest BCUT2D eigenvalue weighted by Gasteiger charge is -2.10. The average molecular weight is 472 g/mol. The van der Waals surface area contributed by atoms with Crippen LogP contribution in [-0.4, -0.2) is 38.3 Å². The van der Waals surface area contributed by atoms with E-state index in [0.29, 0.717) is 22.7 Å². The second-order valence-electron chi connectivity index (χ2n) is 7.05. The number of rotatable bonds is 9. The molecule has 0 spiro atoms. The average Bonchev–Trinajstić information content (AvgIpc) is 2.85. The standard InChI is InChI=1S/C23H20N8O4/c1-35-20-11-7-17(8-12-20)26-22-27-21(25-16-5-9-18(10-6-16)31(33)34)28-23(29-22)30-24-14-15-3-2-4-19(32)13-15/h2-14,32H,1H3,(H3,25,26,27,28,29,30)/b24-14+. The third kappa shape index (κ3) is 6.38. The molecule has 0 saturated heterocycles. The van der Waals surface area contributed by atoms with E-state index in [4.69, 9.17) is 4.74 Å². The van der Waals surface area contributed by atoms with E-state index < -0.39 is 4.92 Å². The Labute approximate surface area is 199 Å². The molecule has 12 heteroatoms. The molecule has 0 aliphatic carbocycles. The van der Waals surface area contributed by atoms with Crippen molar-refractivity contribution in [3.63, 3.8) is 0 Å². The van der Waals surface area contributed by atoms with E-state index in [2.05, 4.69) is 36.1 Å². The first kappa shape index (κ1) is 22.9. The Hall–Kier alpha value is -5.26. The van der Waals surface area contributed by atoms with E-state index in [1.54, 1.807) is 67.8 Å². The lowest BCUT2D eigenvalue weighted by molar-refractivity contribution is -0.384. The van der Waals surface area contributed by atoms with Gasteiger partial charge in [-0.15, -0.1) is 0 Å². The summed E-state index contributed by atoms with van der Waals surface area (Å²) in [7, 11) is 1.58. The fourth-order valence-corrected chi connectivity index (χ4v) is 2.91. The summed E-state index contributed by atoms with van der Waals surface area (Å²) in [5.74, 6) is 1.37. The van der Waals surface area contributed by atoms with Crippen LogP contribution in [0, 0.1) is 10.1 Å². The predicted molar refractivity (Wildman–Crippen MR) is 132 cm³/mol. The number of nitro benzene ring substituents is 1. The van der Waals surface area contributed by atoms with Crippen LogP contribution >= 0.6 is 0 Å². The molecular formula is C23H20N8O4. The maximum absolute atomic E-state index is 10.9. The van der Waals surface area contributed by atoms with Gasteiger partial charge in [0, 0.05) is 23.5 Å². The molecule has 0 atom stereocenters. The second-order valence-corrected chi connectivity index (χ2v) is 7.05. The van der Waals surface area contributed by atoms with Gasteiger partial charge in [0.1, 0.15) is 11.5 Å². The van der Waals surface area contributed by atoms with Crippen LogP contribution in [0.25, 0.3) is 0 Å². The van der Waals surface area contributed by atoms with Crippen LogP contribution < -0.4 is 20.8 Å². The van der Waals surface area contributed by atoms with E-state index in [1.165, 1.54) is 18.3 Å². The number of phenolic OH excluding ortho intramolecular Hbond substituents is 1. The van der Waals surface area contributed by atoms with E-state index >= 15 is 0 Å². The first-order chi connectivity index (χ1) is 17.0. The van der Waals surface area contributed by atoms with Crippen molar-refractivity contribution in [3.8, 4) is 11.5 Å². The summed E-state index contributed by atoms with van der Waals surface area (Å²) in [6.45, 7) is 0. The summed E-state index contributed by atoms with van der Waals surface area (Å²) >= 11 is 0.